The Labute approximate surface area is 102 Å². The molecule has 1 aliphatic rings. The number of piperazine rings is 1. The van der Waals surface area contributed by atoms with E-state index in [0.717, 1.165) is 18.0 Å². The Morgan fingerprint density at radius 2 is 1.62 bits per heavy atom. The minimum atomic E-state index is 0.736. The van der Waals surface area contributed by atoms with Gasteiger partial charge in [-0.3, -0.25) is 9.80 Å². The van der Waals surface area contributed by atoms with E-state index in [1.807, 2.05) is 0 Å². The van der Waals surface area contributed by atoms with E-state index in [1.54, 1.807) is 0 Å². The van der Waals surface area contributed by atoms with Crippen molar-refractivity contribution in [2.24, 2.45) is 5.92 Å². The molecule has 0 bridgehead atoms. The Morgan fingerprint density at radius 1 is 1.06 bits per heavy atom. The van der Waals surface area contributed by atoms with Crippen molar-refractivity contribution >= 4 is 0 Å². The van der Waals surface area contributed by atoms with Gasteiger partial charge in [-0.25, -0.2) is 0 Å². The molecule has 0 N–H and O–H groups in total. The average Bonchev–Trinajstić information content (AvgIpc) is 2.22. The molecule has 0 aromatic carbocycles. The van der Waals surface area contributed by atoms with E-state index in [-0.39, 0.29) is 0 Å². The van der Waals surface area contributed by atoms with Crippen LogP contribution in [0, 0.1) is 5.92 Å². The van der Waals surface area contributed by atoms with Crippen molar-refractivity contribution in [3.05, 3.63) is 0 Å². The molecule has 0 amide bonds. The molecule has 1 rings (SSSR count). The molecule has 16 heavy (non-hydrogen) atoms. The number of nitrogens with zero attached hydrogens (tertiary/aromatic N) is 2. The van der Waals surface area contributed by atoms with Gasteiger partial charge in [-0.05, 0) is 45.7 Å². The molecule has 1 heterocycles. The SMILES string of the molecule is CCN1C[C@H](C)N(CCCC(C)C)C[C@H]1C. The number of likely N-dealkylation sites (N-methyl/N-ethyl adjacent to an activating group) is 1. The third-order valence-electron chi connectivity index (χ3n) is 3.88. The maximum absolute atomic E-state index is 2.68. The Hall–Kier alpha value is -0.0800. The number of rotatable bonds is 5. The summed E-state index contributed by atoms with van der Waals surface area (Å²) in [4.78, 5) is 5.28. The van der Waals surface area contributed by atoms with E-state index >= 15 is 0 Å². The predicted molar refractivity (Wildman–Crippen MR) is 71.8 cm³/mol. The lowest BCUT2D eigenvalue weighted by molar-refractivity contribution is 0.0448. The van der Waals surface area contributed by atoms with Gasteiger partial charge >= 0.3 is 0 Å². The highest BCUT2D eigenvalue weighted by Crippen LogP contribution is 2.16. The van der Waals surface area contributed by atoms with Gasteiger partial charge in [0.2, 0.25) is 0 Å². The molecule has 2 nitrogen and oxygen atoms in total. The van der Waals surface area contributed by atoms with Crippen LogP contribution >= 0.6 is 0 Å². The largest absolute Gasteiger partial charge is 0.298 e. The molecule has 0 aromatic rings. The van der Waals surface area contributed by atoms with E-state index in [2.05, 4.69) is 44.4 Å². The molecule has 0 spiro atoms. The van der Waals surface area contributed by atoms with Crippen molar-refractivity contribution < 1.29 is 0 Å². The van der Waals surface area contributed by atoms with Gasteiger partial charge in [0, 0.05) is 25.2 Å². The van der Waals surface area contributed by atoms with Crippen LogP contribution in [0.4, 0.5) is 0 Å². The standard InChI is InChI=1S/C14H30N2/c1-6-15-10-14(5)16(11-13(15)4)9-7-8-12(2)3/h12-14H,6-11H2,1-5H3/t13-,14+/m1/s1. The highest BCUT2D eigenvalue weighted by Gasteiger charge is 2.27. The Bertz CT molecular complexity index is 191. The van der Waals surface area contributed by atoms with E-state index in [1.165, 1.54) is 39.0 Å². The second-order valence-corrected chi connectivity index (χ2v) is 5.82. The molecule has 0 saturated carbocycles. The third kappa shape index (κ3) is 4.06. The van der Waals surface area contributed by atoms with Gasteiger partial charge in [-0.1, -0.05) is 20.8 Å². The zero-order valence-corrected chi connectivity index (χ0v) is 11.9. The summed E-state index contributed by atoms with van der Waals surface area (Å²) in [5.74, 6) is 0.852. The lowest BCUT2D eigenvalue weighted by atomic mass is 10.1. The molecule has 0 unspecified atom stereocenters. The smallest absolute Gasteiger partial charge is 0.0195 e. The fraction of sp³-hybridized carbons (Fsp3) is 1.00. The summed E-state index contributed by atoms with van der Waals surface area (Å²) in [6.45, 7) is 16.7. The topological polar surface area (TPSA) is 6.48 Å². The van der Waals surface area contributed by atoms with Gasteiger partial charge in [0.1, 0.15) is 0 Å². The average molecular weight is 226 g/mol. The summed E-state index contributed by atoms with van der Waals surface area (Å²) >= 11 is 0. The van der Waals surface area contributed by atoms with Gasteiger partial charge in [-0.15, -0.1) is 0 Å². The fourth-order valence-corrected chi connectivity index (χ4v) is 2.72. The monoisotopic (exact) mass is 226 g/mol. The first-order chi connectivity index (χ1) is 7.54. The van der Waals surface area contributed by atoms with Gasteiger partial charge in [0.25, 0.3) is 0 Å². The van der Waals surface area contributed by atoms with Crippen molar-refractivity contribution in [3.8, 4) is 0 Å². The Balaban J connectivity index is 2.32. The number of hydrogen-bond donors (Lipinski definition) is 0. The van der Waals surface area contributed by atoms with E-state index < -0.39 is 0 Å². The highest BCUT2D eigenvalue weighted by molar-refractivity contribution is 4.83. The summed E-state index contributed by atoms with van der Waals surface area (Å²) in [6.07, 6.45) is 2.73. The summed E-state index contributed by atoms with van der Waals surface area (Å²) in [6, 6.07) is 1.48. The number of hydrogen-bond acceptors (Lipinski definition) is 2. The molecule has 0 aromatic heterocycles. The van der Waals surface area contributed by atoms with E-state index in [4.69, 9.17) is 0 Å². The third-order valence-corrected chi connectivity index (χ3v) is 3.88. The van der Waals surface area contributed by atoms with Crippen molar-refractivity contribution in [1.29, 1.82) is 0 Å². The van der Waals surface area contributed by atoms with Crippen LogP contribution in [0.2, 0.25) is 0 Å². The van der Waals surface area contributed by atoms with E-state index in [0.29, 0.717) is 0 Å². The van der Waals surface area contributed by atoms with Crippen LogP contribution in [0.5, 0.6) is 0 Å². The molecule has 1 fully saturated rings. The summed E-state index contributed by atoms with van der Waals surface area (Å²) in [5, 5.41) is 0. The van der Waals surface area contributed by atoms with Gasteiger partial charge in [0.15, 0.2) is 0 Å². The van der Waals surface area contributed by atoms with Crippen LogP contribution in [0.1, 0.15) is 47.5 Å². The van der Waals surface area contributed by atoms with Crippen LogP contribution in [-0.4, -0.2) is 48.1 Å². The first kappa shape index (κ1) is 14.0. The van der Waals surface area contributed by atoms with Crippen LogP contribution in [0.3, 0.4) is 0 Å². The predicted octanol–water partition coefficient (Wildman–Crippen LogP) is 2.84. The lowest BCUT2D eigenvalue weighted by Crippen LogP contribution is -2.56. The second kappa shape index (κ2) is 6.61. The van der Waals surface area contributed by atoms with Gasteiger partial charge in [0.05, 0.1) is 0 Å². The zero-order valence-electron chi connectivity index (χ0n) is 11.9. The van der Waals surface area contributed by atoms with Gasteiger partial charge < -0.3 is 0 Å². The second-order valence-electron chi connectivity index (χ2n) is 5.82. The van der Waals surface area contributed by atoms with Crippen molar-refractivity contribution in [1.82, 2.24) is 9.80 Å². The van der Waals surface area contributed by atoms with Crippen molar-refractivity contribution in [3.63, 3.8) is 0 Å². The molecule has 2 heteroatoms. The Morgan fingerprint density at radius 3 is 2.19 bits per heavy atom. The molecule has 0 aliphatic carbocycles. The zero-order chi connectivity index (χ0) is 12.1. The minimum Gasteiger partial charge on any atom is -0.298 e. The molecular weight excluding hydrogens is 196 g/mol. The molecule has 96 valence electrons. The van der Waals surface area contributed by atoms with Crippen LogP contribution in [-0.2, 0) is 0 Å². The van der Waals surface area contributed by atoms with Crippen LogP contribution in [0.15, 0.2) is 0 Å². The quantitative estimate of drug-likeness (QED) is 0.711. The molecular formula is C14H30N2. The Kier molecular flexibility index (Phi) is 5.77. The van der Waals surface area contributed by atoms with E-state index in [9.17, 15) is 0 Å². The van der Waals surface area contributed by atoms with Crippen LogP contribution < -0.4 is 0 Å². The van der Waals surface area contributed by atoms with Crippen LogP contribution in [0.25, 0.3) is 0 Å². The molecule has 1 saturated heterocycles. The first-order valence-electron chi connectivity index (χ1n) is 7.02. The molecule has 0 radical (unpaired) electrons. The fourth-order valence-electron chi connectivity index (χ4n) is 2.72. The van der Waals surface area contributed by atoms with Crippen molar-refractivity contribution in [2.75, 3.05) is 26.2 Å². The minimum absolute atomic E-state index is 0.736. The normalized spacial score (nSPS) is 28.9. The molecule has 2 atom stereocenters. The maximum atomic E-state index is 2.68. The van der Waals surface area contributed by atoms with Gasteiger partial charge in [-0.2, -0.15) is 0 Å². The summed E-state index contributed by atoms with van der Waals surface area (Å²) in [7, 11) is 0. The lowest BCUT2D eigenvalue weighted by Gasteiger charge is -2.44. The molecule has 1 aliphatic heterocycles. The van der Waals surface area contributed by atoms with Crippen molar-refractivity contribution in [2.45, 2.75) is 59.5 Å². The summed E-state index contributed by atoms with van der Waals surface area (Å²) < 4.78 is 0. The maximum Gasteiger partial charge on any atom is 0.0195 e. The highest BCUT2D eigenvalue weighted by atomic mass is 15.3. The summed E-state index contributed by atoms with van der Waals surface area (Å²) in [5.41, 5.74) is 0. The first-order valence-corrected chi connectivity index (χ1v) is 7.02.